The van der Waals surface area contributed by atoms with E-state index in [0.717, 1.165) is 14.5 Å². The molecule has 0 bridgehead atoms. The number of rotatable bonds is 1. The predicted octanol–water partition coefficient (Wildman–Crippen LogP) is 4.37. The van der Waals surface area contributed by atoms with Crippen molar-refractivity contribution in [2.24, 2.45) is 0 Å². The third kappa shape index (κ3) is 1.72. The van der Waals surface area contributed by atoms with E-state index in [1.165, 1.54) is 36.0 Å². The molecule has 1 aromatic heterocycles. The van der Waals surface area contributed by atoms with Crippen LogP contribution in [0, 0.1) is 6.92 Å². The van der Waals surface area contributed by atoms with E-state index in [4.69, 9.17) is 0 Å². The van der Waals surface area contributed by atoms with Gasteiger partial charge in [0.25, 0.3) is 0 Å². The molecule has 3 heteroatoms. The number of nitrogens with zero attached hydrogens (tertiary/aromatic N) is 1. The van der Waals surface area contributed by atoms with Crippen molar-refractivity contribution < 1.29 is 0 Å². The zero-order valence-electron chi connectivity index (χ0n) is 9.09. The number of halogens is 1. The molecule has 0 amide bonds. The highest BCUT2D eigenvalue weighted by Crippen LogP contribution is 2.33. The van der Waals surface area contributed by atoms with E-state index in [9.17, 15) is 0 Å². The highest BCUT2D eigenvalue weighted by molar-refractivity contribution is 9.11. The lowest BCUT2D eigenvalue weighted by Crippen LogP contribution is -1.84. The molecule has 1 heterocycles. The second kappa shape index (κ2) is 3.97. The van der Waals surface area contributed by atoms with Crippen LogP contribution < -0.4 is 0 Å². The highest BCUT2D eigenvalue weighted by Gasteiger charge is 2.13. The smallest absolute Gasteiger partial charge is 0.124 e. The monoisotopic (exact) mass is 293 g/mol. The van der Waals surface area contributed by atoms with Gasteiger partial charge in [-0.15, -0.1) is 11.3 Å². The van der Waals surface area contributed by atoms with Crippen molar-refractivity contribution in [3.8, 4) is 10.6 Å². The molecule has 16 heavy (non-hydrogen) atoms. The molecule has 2 aromatic rings. The van der Waals surface area contributed by atoms with E-state index in [0.29, 0.717) is 0 Å². The normalized spacial score (nSPS) is 14.1. The highest BCUT2D eigenvalue weighted by atomic mass is 79.9. The van der Waals surface area contributed by atoms with Gasteiger partial charge in [-0.1, -0.05) is 12.1 Å². The van der Waals surface area contributed by atoms with Crippen molar-refractivity contribution in [3.05, 3.63) is 38.8 Å². The van der Waals surface area contributed by atoms with Gasteiger partial charge in [-0.05, 0) is 59.3 Å². The molecule has 82 valence electrons. The maximum Gasteiger partial charge on any atom is 0.124 e. The molecular formula is C13H12BrNS. The average molecular weight is 294 g/mol. The van der Waals surface area contributed by atoms with Crippen molar-refractivity contribution >= 4 is 27.3 Å². The summed E-state index contributed by atoms with van der Waals surface area (Å²) in [7, 11) is 0. The Morgan fingerprint density at radius 3 is 2.81 bits per heavy atom. The molecule has 3 rings (SSSR count). The molecule has 0 aliphatic heterocycles. The van der Waals surface area contributed by atoms with E-state index < -0.39 is 0 Å². The van der Waals surface area contributed by atoms with Gasteiger partial charge < -0.3 is 0 Å². The third-order valence-corrected chi connectivity index (χ3v) is 5.14. The number of aryl methyl sites for hydroxylation is 3. The van der Waals surface area contributed by atoms with Crippen LogP contribution >= 0.6 is 27.3 Å². The van der Waals surface area contributed by atoms with Gasteiger partial charge in [0.1, 0.15) is 5.01 Å². The summed E-state index contributed by atoms with van der Waals surface area (Å²) < 4.78 is 1.14. The Hall–Kier alpha value is -0.670. The molecule has 0 radical (unpaired) electrons. The Kier molecular flexibility index (Phi) is 2.60. The standard InChI is InChI=1S/C13H12BrNS/c1-8-12(14)16-13(15-8)11-6-5-9-3-2-4-10(9)7-11/h5-7H,2-4H2,1H3. The minimum absolute atomic E-state index is 1.08. The number of fused-ring (bicyclic) bond motifs is 1. The van der Waals surface area contributed by atoms with Crippen LogP contribution in [0.4, 0.5) is 0 Å². The van der Waals surface area contributed by atoms with Crippen LogP contribution in [0.15, 0.2) is 22.0 Å². The van der Waals surface area contributed by atoms with Crippen LogP contribution in [-0.4, -0.2) is 4.98 Å². The first-order chi connectivity index (χ1) is 7.74. The number of aromatic nitrogens is 1. The summed E-state index contributed by atoms with van der Waals surface area (Å²) in [6.07, 6.45) is 3.78. The van der Waals surface area contributed by atoms with Crippen molar-refractivity contribution in [2.75, 3.05) is 0 Å². The maximum absolute atomic E-state index is 4.58. The molecule has 1 aliphatic rings. The van der Waals surface area contributed by atoms with Crippen LogP contribution in [0.3, 0.4) is 0 Å². The van der Waals surface area contributed by atoms with Gasteiger partial charge in [-0.2, -0.15) is 0 Å². The number of hydrogen-bond donors (Lipinski definition) is 0. The Morgan fingerprint density at radius 2 is 2.06 bits per heavy atom. The largest absolute Gasteiger partial charge is 0.240 e. The first kappa shape index (κ1) is 10.5. The minimum Gasteiger partial charge on any atom is -0.240 e. The Bertz CT molecular complexity index is 525. The first-order valence-corrected chi connectivity index (χ1v) is 7.10. The fourth-order valence-corrected chi connectivity index (χ4v) is 3.55. The fraction of sp³-hybridized carbons (Fsp3) is 0.308. The van der Waals surface area contributed by atoms with Crippen molar-refractivity contribution in [1.82, 2.24) is 4.98 Å². The lowest BCUT2D eigenvalue weighted by atomic mass is 10.1. The summed E-state index contributed by atoms with van der Waals surface area (Å²) in [5, 5.41) is 1.12. The Morgan fingerprint density at radius 1 is 1.25 bits per heavy atom. The van der Waals surface area contributed by atoms with E-state index in [2.05, 4.69) is 39.1 Å². The average Bonchev–Trinajstić information content (AvgIpc) is 2.85. The van der Waals surface area contributed by atoms with Crippen LogP contribution in [-0.2, 0) is 12.8 Å². The number of benzene rings is 1. The number of hydrogen-bond acceptors (Lipinski definition) is 2. The predicted molar refractivity (Wildman–Crippen MR) is 72.0 cm³/mol. The number of thiazole rings is 1. The Labute approximate surface area is 108 Å². The lowest BCUT2D eigenvalue weighted by Gasteiger charge is -2.01. The van der Waals surface area contributed by atoms with Gasteiger partial charge in [0, 0.05) is 5.56 Å². The third-order valence-electron chi connectivity index (χ3n) is 3.09. The summed E-state index contributed by atoms with van der Waals surface area (Å²) in [5.74, 6) is 0. The second-order valence-corrected chi connectivity index (χ2v) is 6.53. The summed E-state index contributed by atoms with van der Waals surface area (Å²) in [4.78, 5) is 4.58. The van der Waals surface area contributed by atoms with Crippen LogP contribution in [0.5, 0.6) is 0 Å². The molecule has 1 nitrogen and oxygen atoms in total. The molecule has 0 saturated heterocycles. The van der Waals surface area contributed by atoms with Gasteiger partial charge in [0.15, 0.2) is 0 Å². The van der Waals surface area contributed by atoms with Crippen molar-refractivity contribution in [1.29, 1.82) is 0 Å². The summed E-state index contributed by atoms with van der Waals surface area (Å²) in [6.45, 7) is 2.04. The molecule has 0 atom stereocenters. The quantitative estimate of drug-likeness (QED) is 0.761. The van der Waals surface area contributed by atoms with Gasteiger partial charge >= 0.3 is 0 Å². The van der Waals surface area contributed by atoms with E-state index in [-0.39, 0.29) is 0 Å². The molecule has 0 spiro atoms. The molecule has 0 saturated carbocycles. The maximum atomic E-state index is 4.58. The molecule has 0 fully saturated rings. The lowest BCUT2D eigenvalue weighted by molar-refractivity contribution is 0.912. The fourth-order valence-electron chi connectivity index (χ4n) is 2.21. The van der Waals surface area contributed by atoms with Crippen LogP contribution in [0.25, 0.3) is 10.6 Å². The second-order valence-electron chi connectivity index (χ2n) is 4.22. The zero-order chi connectivity index (χ0) is 11.1. The molecule has 1 aromatic carbocycles. The minimum atomic E-state index is 1.08. The molecule has 0 N–H and O–H groups in total. The van der Waals surface area contributed by atoms with Crippen LogP contribution in [0.2, 0.25) is 0 Å². The summed E-state index contributed by atoms with van der Waals surface area (Å²) in [5.41, 5.74) is 5.39. The van der Waals surface area contributed by atoms with Crippen molar-refractivity contribution in [3.63, 3.8) is 0 Å². The SMILES string of the molecule is Cc1nc(-c2ccc3c(c2)CCC3)sc1Br. The molecule has 1 aliphatic carbocycles. The van der Waals surface area contributed by atoms with Crippen LogP contribution in [0.1, 0.15) is 23.2 Å². The zero-order valence-corrected chi connectivity index (χ0v) is 11.5. The Balaban J connectivity index is 2.07. The summed E-state index contributed by atoms with van der Waals surface area (Å²) in [6, 6.07) is 6.78. The van der Waals surface area contributed by atoms with Gasteiger partial charge in [0.05, 0.1) is 9.48 Å². The summed E-state index contributed by atoms with van der Waals surface area (Å²) >= 11 is 5.25. The molecular weight excluding hydrogens is 282 g/mol. The topological polar surface area (TPSA) is 12.9 Å². The van der Waals surface area contributed by atoms with Gasteiger partial charge in [-0.3, -0.25) is 0 Å². The van der Waals surface area contributed by atoms with E-state index >= 15 is 0 Å². The van der Waals surface area contributed by atoms with E-state index in [1.54, 1.807) is 11.3 Å². The molecule has 0 unspecified atom stereocenters. The van der Waals surface area contributed by atoms with Gasteiger partial charge in [-0.25, -0.2) is 4.98 Å². The van der Waals surface area contributed by atoms with Gasteiger partial charge in [0.2, 0.25) is 0 Å². The first-order valence-electron chi connectivity index (χ1n) is 5.49. The van der Waals surface area contributed by atoms with Crippen molar-refractivity contribution in [2.45, 2.75) is 26.2 Å². The van der Waals surface area contributed by atoms with E-state index in [1.807, 2.05) is 6.92 Å².